The molecule has 0 aliphatic heterocycles. The van der Waals surface area contributed by atoms with Gasteiger partial charge in [-0.1, -0.05) is 30.9 Å². The van der Waals surface area contributed by atoms with Crippen molar-refractivity contribution in [1.82, 2.24) is 4.98 Å². The zero-order valence-electron chi connectivity index (χ0n) is 10.9. The van der Waals surface area contributed by atoms with Crippen molar-refractivity contribution in [2.45, 2.75) is 51.7 Å². The Morgan fingerprint density at radius 2 is 2.11 bits per heavy atom. The molecule has 0 aromatic carbocycles. The Bertz CT molecular complexity index is 391. The summed E-state index contributed by atoms with van der Waals surface area (Å²) < 4.78 is 0. The van der Waals surface area contributed by atoms with Crippen molar-refractivity contribution < 1.29 is 5.11 Å². The van der Waals surface area contributed by atoms with Crippen LogP contribution in [0.3, 0.4) is 0 Å². The predicted molar refractivity (Wildman–Crippen MR) is 75.1 cm³/mol. The molecule has 1 aromatic heterocycles. The highest BCUT2D eigenvalue weighted by atomic mass is 35.5. The summed E-state index contributed by atoms with van der Waals surface area (Å²) in [6, 6.07) is 2.38. The smallest absolute Gasteiger partial charge is 0.147 e. The van der Waals surface area contributed by atoms with Crippen molar-refractivity contribution in [3.05, 3.63) is 22.8 Å². The molecule has 4 heteroatoms. The van der Waals surface area contributed by atoms with Crippen LogP contribution in [0, 0.1) is 0 Å². The van der Waals surface area contributed by atoms with Crippen molar-refractivity contribution in [1.29, 1.82) is 0 Å². The van der Waals surface area contributed by atoms with Crippen LogP contribution >= 0.6 is 11.6 Å². The SMILES string of the molecule is CCN(c1ncc(CO)cc1Cl)C1CCCCC1. The van der Waals surface area contributed by atoms with E-state index in [1.807, 2.05) is 6.07 Å². The van der Waals surface area contributed by atoms with E-state index in [1.165, 1.54) is 32.1 Å². The normalized spacial score (nSPS) is 16.8. The van der Waals surface area contributed by atoms with Crippen LogP contribution in [0.25, 0.3) is 0 Å². The molecule has 1 N–H and O–H groups in total. The maximum absolute atomic E-state index is 9.09. The molecular formula is C14H21ClN2O. The molecule has 18 heavy (non-hydrogen) atoms. The molecule has 2 rings (SSSR count). The number of anilines is 1. The highest BCUT2D eigenvalue weighted by Gasteiger charge is 2.22. The van der Waals surface area contributed by atoms with Crippen LogP contribution in [0.15, 0.2) is 12.3 Å². The first-order valence-electron chi connectivity index (χ1n) is 6.78. The minimum atomic E-state index is -0.0114. The van der Waals surface area contributed by atoms with E-state index in [0.717, 1.165) is 17.9 Å². The Morgan fingerprint density at radius 1 is 1.39 bits per heavy atom. The molecule has 1 fully saturated rings. The fraction of sp³-hybridized carbons (Fsp3) is 0.643. The zero-order valence-corrected chi connectivity index (χ0v) is 11.7. The number of aliphatic hydroxyl groups is 1. The van der Waals surface area contributed by atoms with Crippen molar-refractivity contribution in [2.75, 3.05) is 11.4 Å². The molecule has 1 aromatic rings. The van der Waals surface area contributed by atoms with Crippen molar-refractivity contribution >= 4 is 17.4 Å². The molecule has 0 saturated heterocycles. The highest BCUT2D eigenvalue weighted by molar-refractivity contribution is 6.33. The first-order chi connectivity index (χ1) is 8.76. The maximum atomic E-state index is 9.09. The van der Waals surface area contributed by atoms with Gasteiger partial charge in [-0.2, -0.15) is 0 Å². The first kappa shape index (κ1) is 13.6. The molecule has 0 bridgehead atoms. The lowest BCUT2D eigenvalue weighted by Gasteiger charge is -2.35. The van der Waals surface area contributed by atoms with Gasteiger partial charge >= 0.3 is 0 Å². The van der Waals surface area contributed by atoms with Crippen molar-refractivity contribution in [3.8, 4) is 0 Å². The highest BCUT2D eigenvalue weighted by Crippen LogP contribution is 2.30. The third-order valence-electron chi connectivity index (χ3n) is 3.69. The number of halogens is 1. The number of hydrogen-bond donors (Lipinski definition) is 1. The van der Waals surface area contributed by atoms with Crippen LogP contribution < -0.4 is 4.90 Å². The molecule has 1 aliphatic carbocycles. The Kier molecular flexibility index (Phi) is 4.84. The minimum absolute atomic E-state index is 0.0114. The second kappa shape index (κ2) is 6.39. The van der Waals surface area contributed by atoms with E-state index >= 15 is 0 Å². The summed E-state index contributed by atoms with van der Waals surface area (Å²) in [4.78, 5) is 6.74. The van der Waals surface area contributed by atoms with Crippen LogP contribution in [0.2, 0.25) is 5.02 Å². The lowest BCUT2D eigenvalue weighted by Crippen LogP contribution is -2.37. The summed E-state index contributed by atoms with van der Waals surface area (Å²) in [6.07, 6.45) is 8.12. The van der Waals surface area contributed by atoms with Gasteiger partial charge in [-0.3, -0.25) is 0 Å². The van der Waals surface area contributed by atoms with Gasteiger partial charge in [0.2, 0.25) is 0 Å². The van der Waals surface area contributed by atoms with Crippen LogP contribution in [-0.4, -0.2) is 22.7 Å². The van der Waals surface area contributed by atoms with E-state index in [4.69, 9.17) is 16.7 Å². The lowest BCUT2D eigenvalue weighted by molar-refractivity contribution is 0.281. The van der Waals surface area contributed by atoms with E-state index in [1.54, 1.807) is 6.20 Å². The van der Waals surface area contributed by atoms with E-state index in [2.05, 4.69) is 16.8 Å². The average Bonchev–Trinajstić information content (AvgIpc) is 2.42. The van der Waals surface area contributed by atoms with E-state index in [-0.39, 0.29) is 6.61 Å². The van der Waals surface area contributed by atoms with Crippen molar-refractivity contribution in [2.24, 2.45) is 0 Å². The zero-order chi connectivity index (χ0) is 13.0. The van der Waals surface area contributed by atoms with E-state index < -0.39 is 0 Å². The molecule has 1 heterocycles. The summed E-state index contributed by atoms with van der Waals surface area (Å²) in [5.74, 6) is 0.864. The number of nitrogens with zero attached hydrogens (tertiary/aromatic N) is 2. The summed E-state index contributed by atoms with van der Waals surface area (Å²) in [5.41, 5.74) is 0.767. The Hall–Kier alpha value is -0.800. The minimum Gasteiger partial charge on any atom is -0.392 e. The number of hydrogen-bond acceptors (Lipinski definition) is 3. The van der Waals surface area contributed by atoms with Gasteiger partial charge in [-0.25, -0.2) is 4.98 Å². The van der Waals surface area contributed by atoms with Gasteiger partial charge in [0.25, 0.3) is 0 Å². The predicted octanol–water partition coefficient (Wildman–Crippen LogP) is 3.39. The molecule has 1 aliphatic rings. The van der Waals surface area contributed by atoms with Gasteiger partial charge in [0.15, 0.2) is 0 Å². The third kappa shape index (κ3) is 2.96. The third-order valence-corrected chi connectivity index (χ3v) is 3.97. The summed E-state index contributed by atoms with van der Waals surface area (Å²) >= 11 is 6.29. The molecular weight excluding hydrogens is 248 g/mol. The largest absolute Gasteiger partial charge is 0.392 e. The molecule has 0 unspecified atom stereocenters. The fourth-order valence-electron chi connectivity index (χ4n) is 2.74. The number of aliphatic hydroxyl groups excluding tert-OH is 1. The molecule has 3 nitrogen and oxygen atoms in total. The monoisotopic (exact) mass is 268 g/mol. The Labute approximate surface area is 114 Å². The molecule has 0 spiro atoms. The standard InChI is InChI=1S/C14H21ClN2O/c1-2-17(12-6-4-3-5-7-12)14-13(15)8-11(10-18)9-16-14/h8-9,12,18H,2-7,10H2,1H3. The second-order valence-corrected chi connectivity index (χ2v) is 5.29. The fourth-order valence-corrected chi connectivity index (χ4v) is 3.04. The van der Waals surface area contributed by atoms with Crippen molar-refractivity contribution in [3.63, 3.8) is 0 Å². The van der Waals surface area contributed by atoms with Gasteiger partial charge in [0.05, 0.1) is 11.6 Å². The number of pyridine rings is 1. The van der Waals surface area contributed by atoms with Crippen LogP contribution in [0.4, 0.5) is 5.82 Å². The number of aromatic nitrogens is 1. The van der Waals surface area contributed by atoms with Gasteiger partial charge in [-0.15, -0.1) is 0 Å². The van der Waals surface area contributed by atoms with E-state index in [9.17, 15) is 0 Å². The molecule has 1 saturated carbocycles. The van der Waals surface area contributed by atoms with Crippen LogP contribution in [0.1, 0.15) is 44.6 Å². The van der Waals surface area contributed by atoms with Gasteiger partial charge in [0, 0.05) is 18.8 Å². The maximum Gasteiger partial charge on any atom is 0.147 e. The van der Waals surface area contributed by atoms with Gasteiger partial charge in [-0.05, 0) is 31.4 Å². The Balaban J connectivity index is 2.20. The molecule has 100 valence electrons. The number of rotatable bonds is 4. The van der Waals surface area contributed by atoms with Crippen LogP contribution in [-0.2, 0) is 6.61 Å². The quantitative estimate of drug-likeness (QED) is 0.909. The first-order valence-corrected chi connectivity index (χ1v) is 7.16. The summed E-state index contributed by atoms with van der Waals surface area (Å²) in [7, 11) is 0. The summed E-state index contributed by atoms with van der Waals surface area (Å²) in [6.45, 7) is 3.06. The Morgan fingerprint density at radius 3 is 2.67 bits per heavy atom. The topological polar surface area (TPSA) is 36.4 Å². The molecule has 0 amide bonds. The van der Waals surface area contributed by atoms with Crippen LogP contribution in [0.5, 0.6) is 0 Å². The van der Waals surface area contributed by atoms with Gasteiger partial charge in [0.1, 0.15) is 5.82 Å². The average molecular weight is 269 g/mol. The molecule has 0 atom stereocenters. The summed E-state index contributed by atoms with van der Waals surface area (Å²) in [5, 5.41) is 9.73. The lowest BCUT2D eigenvalue weighted by atomic mass is 9.94. The second-order valence-electron chi connectivity index (χ2n) is 4.88. The van der Waals surface area contributed by atoms with Gasteiger partial charge < -0.3 is 10.0 Å². The van der Waals surface area contributed by atoms with E-state index in [0.29, 0.717) is 11.1 Å². The molecule has 0 radical (unpaired) electrons.